The minimum absolute atomic E-state index is 0.212. The Labute approximate surface area is 194 Å². The van der Waals surface area contributed by atoms with Crippen LogP contribution in [0.4, 0.5) is 0 Å². The number of aliphatic hydroxyl groups is 1. The number of hydrogen-bond donors (Lipinski definition) is 1. The highest BCUT2D eigenvalue weighted by Gasteiger charge is 2.29. The van der Waals surface area contributed by atoms with Gasteiger partial charge in [-0.2, -0.15) is 5.10 Å². The number of ether oxygens (including phenoxy) is 2. The predicted octanol–water partition coefficient (Wildman–Crippen LogP) is 3.67. The van der Waals surface area contributed by atoms with Crippen LogP contribution < -0.4 is 0 Å². The lowest BCUT2D eigenvalue weighted by Crippen LogP contribution is -2.11. The van der Waals surface area contributed by atoms with Crippen molar-refractivity contribution in [1.82, 2.24) is 14.3 Å². The number of fused-ring (bicyclic) bond motifs is 2. The lowest BCUT2D eigenvalue weighted by molar-refractivity contribution is -0.141. The molecule has 0 unspecified atom stereocenters. The van der Waals surface area contributed by atoms with Crippen molar-refractivity contribution in [3.63, 3.8) is 0 Å². The summed E-state index contributed by atoms with van der Waals surface area (Å²) in [6.07, 6.45) is 1.08. The van der Waals surface area contributed by atoms with Crippen molar-refractivity contribution in [2.45, 2.75) is 38.0 Å². The van der Waals surface area contributed by atoms with Crippen LogP contribution in [0.5, 0.6) is 0 Å². The van der Waals surface area contributed by atoms with Gasteiger partial charge in [0.1, 0.15) is 5.69 Å². The lowest BCUT2D eigenvalue weighted by Gasteiger charge is -2.11. The van der Waals surface area contributed by atoms with E-state index in [4.69, 9.17) is 21.1 Å². The Balaban J connectivity index is 1.94. The van der Waals surface area contributed by atoms with Crippen molar-refractivity contribution in [2.24, 2.45) is 7.05 Å². The molecule has 3 aromatic rings. The number of carbonyl (C=O) groups is 2. The first-order valence-electron chi connectivity index (χ1n) is 10.2. The summed E-state index contributed by atoms with van der Waals surface area (Å²) in [6, 6.07) is 3.70. The number of carbonyl (C=O) groups excluding carboxylic acids is 2. The maximum atomic E-state index is 12.7. The molecular weight excluding hydrogens is 454 g/mol. The molecule has 0 bridgehead atoms. The van der Waals surface area contributed by atoms with Crippen molar-refractivity contribution >= 4 is 46.2 Å². The predicted molar refractivity (Wildman–Crippen MR) is 123 cm³/mol. The van der Waals surface area contributed by atoms with Gasteiger partial charge in [-0.25, -0.2) is 4.79 Å². The van der Waals surface area contributed by atoms with E-state index in [0.29, 0.717) is 29.3 Å². The van der Waals surface area contributed by atoms with Gasteiger partial charge in [-0.15, -0.1) is 11.8 Å². The summed E-state index contributed by atoms with van der Waals surface area (Å²) in [5.41, 5.74) is 5.15. The third-order valence-electron chi connectivity index (χ3n) is 5.65. The van der Waals surface area contributed by atoms with E-state index in [1.54, 1.807) is 23.4 Å². The highest BCUT2D eigenvalue weighted by Crippen LogP contribution is 2.44. The monoisotopic (exact) mass is 477 g/mol. The highest BCUT2D eigenvalue weighted by molar-refractivity contribution is 7.97. The van der Waals surface area contributed by atoms with Gasteiger partial charge in [-0.1, -0.05) is 17.7 Å². The fraction of sp³-hybridized carbons (Fsp3) is 0.409. The van der Waals surface area contributed by atoms with Gasteiger partial charge < -0.3 is 19.1 Å². The number of nitrogens with zero attached hydrogens (tertiary/aromatic N) is 3. The number of aliphatic hydroxyl groups excluding tert-OH is 1. The molecule has 32 heavy (non-hydrogen) atoms. The van der Waals surface area contributed by atoms with Crippen LogP contribution in [-0.2, 0) is 46.0 Å². The molecule has 3 heterocycles. The third kappa shape index (κ3) is 3.78. The largest absolute Gasteiger partial charge is 0.466 e. The van der Waals surface area contributed by atoms with E-state index in [1.807, 2.05) is 16.8 Å². The zero-order chi connectivity index (χ0) is 23.0. The second-order valence-corrected chi connectivity index (χ2v) is 8.91. The zero-order valence-corrected chi connectivity index (χ0v) is 19.7. The molecule has 1 aliphatic rings. The molecule has 2 aromatic heterocycles. The summed E-state index contributed by atoms with van der Waals surface area (Å²) in [5, 5.41) is 15.9. The number of benzene rings is 1. The summed E-state index contributed by atoms with van der Waals surface area (Å²) >= 11 is 8.46. The van der Waals surface area contributed by atoms with E-state index < -0.39 is 5.97 Å². The molecule has 0 spiro atoms. The molecule has 0 aliphatic carbocycles. The topological polar surface area (TPSA) is 95.6 Å². The van der Waals surface area contributed by atoms with Crippen molar-refractivity contribution in [1.29, 1.82) is 0 Å². The quantitative estimate of drug-likeness (QED) is 0.409. The Morgan fingerprint density at radius 2 is 2.09 bits per heavy atom. The number of esters is 2. The Hall–Kier alpha value is -2.49. The molecule has 1 aliphatic heterocycles. The van der Waals surface area contributed by atoms with E-state index in [0.717, 1.165) is 44.9 Å². The van der Waals surface area contributed by atoms with Crippen LogP contribution in [0.3, 0.4) is 0 Å². The standard InChI is InChI=1S/C22H24ClN3O5S/c1-12(28)31-8-4-5-13-14-6-7-15(23)18(20(14)25(2)21(13)22(29)30-3)19-16(9-27)24-26-11-32-10-17(19)26/h6-7,27H,4-5,8-11H2,1-3H3. The van der Waals surface area contributed by atoms with Gasteiger partial charge in [-0.3, -0.25) is 9.48 Å². The number of aryl methyl sites for hydroxylation is 2. The smallest absolute Gasteiger partial charge is 0.354 e. The molecule has 10 heteroatoms. The first-order chi connectivity index (χ1) is 15.4. The van der Waals surface area contributed by atoms with Crippen LogP contribution in [0.25, 0.3) is 22.0 Å². The zero-order valence-electron chi connectivity index (χ0n) is 18.1. The lowest BCUT2D eigenvalue weighted by atomic mass is 9.98. The van der Waals surface area contributed by atoms with Crippen LogP contribution in [0.1, 0.15) is 40.8 Å². The fourth-order valence-corrected chi connectivity index (χ4v) is 5.56. The Morgan fingerprint density at radius 1 is 1.31 bits per heavy atom. The third-order valence-corrected chi connectivity index (χ3v) is 6.87. The average Bonchev–Trinajstić information content (AvgIpc) is 3.43. The molecule has 0 saturated carbocycles. The molecule has 0 atom stereocenters. The first kappa shape index (κ1) is 22.7. The normalized spacial score (nSPS) is 12.9. The Kier molecular flexibility index (Phi) is 6.50. The van der Waals surface area contributed by atoms with Crippen molar-refractivity contribution in [2.75, 3.05) is 13.7 Å². The van der Waals surface area contributed by atoms with Crippen molar-refractivity contribution in [3.8, 4) is 11.1 Å². The molecule has 0 amide bonds. The molecular formula is C22H24ClN3O5S. The van der Waals surface area contributed by atoms with E-state index in [9.17, 15) is 14.7 Å². The molecule has 8 nitrogen and oxygen atoms in total. The van der Waals surface area contributed by atoms with E-state index in [-0.39, 0.29) is 19.2 Å². The van der Waals surface area contributed by atoms with E-state index in [1.165, 1.54) is 14.0 Å². The van der Waals surface area contributed by atoms with E-state index >= 15 is 0 Å². The molecule has 0 radical (unpaired) electrons. The van der Waals surface area contributed by atoms with Crippen LogP contribution in [0.2, 0.25) is 5.02 Å². The fourth-order valence-electron chi connectivity index (χ4n) is 4.35. The van der Waals surface area contributed by atoms with Gasteiger partial charge in [0, 0.05) is 36.2 Å². The van der Waals surface area contributed by atoms with Gasteiger partial charge in [0.25, 0.3) is 0 Å². The van der Waals surface area contributed by atoms with Crippen LogP contribution in [0.15, 0.2) is 12.1 Å². The molecule has 1 aromatic carbocycles. The second kappa shape index (κ2) is 9.17. The van der Waals surface area contributed by atoms with Crippen LogP contribution in [0, 0.1) is 0 Å². The van der Waals surface area contributed by atoms with Gasteiger partial charge in [-0.05, 0) is 24.5 Å². The van der Waals surface area contributed by atoms with Crippen molar-refractivity contribution < 1.29 is 24.2 Å². The Morgan fingerprint density at radius 3 is 2.78 bits per heavy atom. The number of halogens is 1. The maximum absolute atomic E-state index is 12.7. The van der Waals surface area contributed by atoms with Crippen LogP contribution in [-0.4, -0.2) is 45.1 Å². The molecule has 170 valence electrons. The SMILES string of the molecule is COC(=O)c1c(CCCOC(C)=O)c2ccc(Cl)c(-c3c(CO)nn4c3CSC4)c2n1C. The summed E-state index contributed by atoms with van der Waals surface area (Å²) in [6.45, 7) is 1.42. The van der Waals surface area contributed by atoms with Gasteiger partial charge in [0.05, 0.1) is 48.1 Å². The molecule has 4 rings (SSSR count). The summed E-state index contributed by atoms with van der Waals surface area (Å²) in [4.78, 5) is 23.9. The average molecular weight is 478 g/mol. The highest BCUT2D eigenvalue weighted by atomic mass is 35.5. The van der Waals surface area contributed by atoms with Crippen LogP contribution >= 0.6 is 23.4 Å². The number of hydrogen-bond acceptors (Lipinski definition) is 7. The number of thioether (sulfide) groups is 1. The minimum Gasteiger partial charge on any atom is -0.466 e. The number of methoxy groups -OCH3 is 1. The van der Waals surface area contributed by atoms with Crippen molar-refractivity contribution in [3.05, 3.63) is 39.8 Å². The first-order valence-corrected chi connectivity index (χ1v) is 11.7. The van der Waals surface area contributed by atoms with Gasteiger partial charge in [0.2, 0.25) is 0 Å². The van der Waals surface area contributed by atoms with E-state index in [2.05, 4.69) is 5.10 Å². The molecule has 1 N–H and O–H groups in total. The molecule has 0 fully saturated rings. The summed E-state index contributed by atoms with van der Waals surface area (Å²) in [7, 11) is 3.16. The number of aromatic nitrogens is 3. The second-order valence-electron chi connectivity index (χ2n) is 7.54. The maximum Gasteiger partial charge on any atom is 0.354 e. The van der Waals surface area contributed by atoms with Gasteiger partial charge >= 0.3 is 11.9 Å². The summed E-state index contributed by atoms with van der Waals surface area (Å²) in [5.74, 6) is 0.692. The Bertz CT molecular complexity index is 1220. The van der Waals surface area contributed by atoms with Gasteiger partial charge in [0.15, 0.2) is 0 Å². The summed E-state index contributed by atoms with van der Waals surface area (Å²) < 4.78 is 13.8. The molecule has 0 saturated heterocycles. The number of rotatable bonds is 7. The minimum atomic E-state index is -0.452.